The molecule has 0 aromatic rings. The molecule has 0 aliphatic carbocycles. The summed E-state index contributed by atoms with van der Waals surface area (Å²) in [6.07, 6.45) is 0. The van der Waals surface area contributed by atoms with Gasteiger partial charge in [-0.05, 0) is 6.92 Å². The average Bonchev–Trinajstić information content (AvgIpc) is 2.11. The van der Waals surface area contributed by atoms with Crippen LogP contribution in [0.4, 0.5) is 4.79 Å². The number of imide groups is 1. The lowest BCUT2D eigenvalue weighted by Gasteiger charge is -2.10. The zero-order valence-electron chi connectivity index (χ0n) is 8.09. The number of hydrogen-bond acceptors (Lipinski definition) is 4. The smallest absolute Gasteiger partial charge is 0.318 e. The SMILES string of the molecule is CNC(=O)C(C)NCC(=O)NC(N)=O. The molecule has 0 aliphatic heterocycles. The van der Waals surface area contributed by atoms with E-state index in [0.29, 0.717) is 0 Å². The summed E-state index contributed by atoms with van der Waals surface area (Å²) in [5.41, 5.74) is 4.71. The van der Waals surface area contributed by atoms with E-state index in [-0.39, 0.29) is 12.5 Å². The molecular weight excluding hydrogens is 188 g/mol. The van der Waals surface area contributed by atoms with Gasteiger partial charge in [0.25, 0.3) is 0 Å². The van der Waals surface area contributed by atoms with E-state index in [1.54, 1.807) is 6.92 Å². The van der Waals surface area contributed by atoms with Crippen molar-refractivity contribution in [3.63, 3.8) is 0 Å². The molecule has 0 aromatic heterocycles. The van der Waals surface area contributed by atoms with Crippen LogP contribution in [0, 0.1) is 0 Å². The van der Waals surface area contributed by atoms with Crippen molar-refractivity contribution in [3.8, 4) is 0 Å². The molecule has 7 nitrogen and oxygen atoms in total. The quantitative estimate of drug-likeness (QED) is 0.418. The molecule has 5 N–H and O–H groups in total. The monoisotopic (exact) mass is 202 g/mol. The van der Waals surface area contributed by atoms with E-state index in [0.717, 1.165) is 0 Å². The molecule has 0 radical (unpaired) electrons. The van der Waals surface area contributed by atoms with Gasteiger partial charge in [-0.3, -0.25) is 20.2 Å². The standard InChI is InChI=1S/C7H14N4O3/c1-4(6(13)9-2)10-3-5(12)11-7(8)14/h4,10H,3H2,1-2H3,(H,9,13)(H3,8,11,12,14). The Balaban J connectivity index is 3.77. The summed E-state index contributed by atoms with van der Waals surface area (Å²) < 4.78 is 0. The Morgan fingerprint density at radius 3 is 2.36 bits per heavy atom. The molecule has 1 unspecified atom stereocenters. The van der Waals surface area contributed by atoms with Crippen LogP contribution in [0.2, 0.25) is 0 Å². The Morgan fingerprint density at radius 2 is 1.93 bits per heavy atom. The highest BCUT2D eigenvalue weighted by Gasteiger charge is 2.12. The van der Waals surface area contributed by atoms with Gasteiger partial charge in [0.1, 0.15) is 0 Å². The second kappa shape index (κ2) is 5.92. The van der Waals surface area contributed by atoms with Crippen LogP contribution in [0.25, 0.3) is 0 Å². The Bertz CT molecular complexity index is 241. The highest BCUT2D eigenvalue weighted by molar-refractivity contribution is 5.94. The van der Waals surface area contributed by atoms with Crippen molar-refractivity contribution in [1.82, 2.24) is 16.0 Å². The largest absolute Gasteiger partial charge is 0.358 e. The highest BCUT2D eigenvalue weighted by Crippen LogP contribution is 1.79. The molecule has 0 fully saturated rings. The fraction of sp³-hybridized carbons (Fsp3) is 0.571. The lowest BCUT2D eigenvalue weighted by molar-refractivity contribution is -0.122. The first-order valence-electron chi connectivity index (χ1n) is 4.01. The summed E-state index contributed by atoms with van der Waals surface area (Å²) in [6, 6.07) is -1.41. The number of rotatable bonds is 4. The van der Waals surface area contributed by atoms with Crippen molar-refractivity contribution in [1.29, 1.82) is 0 Å². The molecule has 4 amide bonds. The maximum absolute atomic E-state index is 10.9. The van der Waals surface area contributed by atoms with Gasteiger partial charge in [0, 0.05) is 7.05 Å². The van der Waals surface area contributed by atoms with Crippen LogP contribution in [-0.2, 0) is 9.59 Å². The van der Waals surface area contributed by atoms with Crippen LogP contribution in [-0.4, -0.2) is 37.5 Å². The van der Waals surface area contributed by atoms with E-state index in [1.807, 2.05) is 5.32 Å². The zero-order chi connectivity index (χ0) is 11.1. The van der Waals surface area contributed by atoms with Gasteiger partial charge in [-0.25, -0.2) is 4.79 Å². The van der Waals surface area contributed by atoms with Crippen molar-refractivity contribution in [2.45, 2.75) is 13.0 Å². The number of likely N-dealkylation sites (N-methyl/N-ethyl adjacent to an activating group) is 1. The molecule has 7 heteroatoms. The normalized spacial score (nSPS) is 11.6. The van der Waals surface area contributed by atoms with Crippen LogP contribution < -0.4 is 21.7 Å². The minimum atomic E-state index is -0.913. The number of hydrogen-bond donors (Lipinski definition) is 4. The molecule has 0 aliphatic rings. The van der Waals surface area contributed by atoms with E-state index >= 15 is 0 Å². The average molecular weight is 202 g/mol. The molecule has 0 saturated carbocycles. The maximum atomic E-state index is 10.9. The first kappa shape index (κ1) is 12.4. The van der Waals surface area contributed by atoms with Gasteiger partial charge in [0.2, 0.25) is 11.8 Å². The second-order valence-electron chi connectivity index (χ2n) is 2.63. The van der Waals surface area contributed by atoms with Gasteiger partial charge >= 0.3 is 6.03 Å². The van der Waals surface area contributed by atoms with Gasteiger partial charge in [0.05, 0.1) is 12.6 Å². The minimum Gasteiger partial charge on any atom is -0.358 e. The fourth-order valence-electron chi connectivity index (χ4n) is 0.737. The minimum absolute atomic E-state index is 0.141. The van der Waals surface area contributed by atoms with E-state index < -0.39 is 18.0 Å². The lowest BCUT2D eigenvalue weighted by Crippen LogP contribution is -2.47. The zero-order valence-corrected chi connectivity index (χ0v) is 8.09. The Labute approximate surface area is 81.4 Å². The third-order valence-electron chi connectivity index (χ3n) is 1.47. The Hall–Kier alpha value is -1.63. The number of urea groups is 1. The summed E-state index contributed by atoms with van der Waals surface area (Å²) in [5.74, 6) is -0.815. The van der Waals surface area contributed by atoms with E-state index in [1.165, 1.54) is 7.05 Å². The van der Waals surface area contributed by atoms with Gasteiger partial charge in [0.15, 0.2) is 0 Å². The molecule has 0 rings (SSSR count). The molecule has 1 atom stereocenters. The topological polar surface area (TPSA) is 113 Å². The van der Waals surface area contributed by atoms with Crippen LogP contribution in [0.15, 0.2) is 0 Å². The second-order valence-corrected chi connectivity index (χ2v) is 2.63. The van der Waals surface area contributed by atoms with E-state index in [2.05, 4.69) is 10.6 Å². The predicted octanol–water partition coefficient (Wildman–Crippen LogP) is -2.09. The lowest BCUT2D eigenvalue weighted by atomic mass is 10.3. The van der Waals surface area contributed by atoms with E-state index in [4.69, 9.17) is 5.73 Å². The van der Waals surface area contributed by atoms with Crippen molar-refractivity contribution in [3.05, 3.63) is 0 Å². The number of carbonyl (C=O) groups is 3. The fourth-order valence-corrected chi connectivity index (χ4v) is 0.737. The number of primary amides is 1. The third kappa shape index (κ3) is 5.09. The van der Waals surface area contributed by atoms with Crippen LogP contribution in [0.5, 0.6) is 0 Å². The van der Waals surface area contributed by atoms with Crippen LogP contribution in [0.3, 0.4) is 0 Å². The molecule has 0 aromatic carbocycles. The number of nitrogens with two attached hydrogens (primary N) is 1. The van der Waals surface area contributed by atoms with Crippen LogP contribution in [0.1, 0.15) is 6.92 Å². The Kier molecular flexibility index (Phi) is 5.23. The number of amides is 4. The highest BCUT2D eigenvalue weighted by atomic mass is 16.2. The number of carbonyl (C=O) groups excluding carboxylic acids is 3. The van der Waals surface area contributed by atoms with Crippen molar-refractivity contribution >= 4 is 17.8 Å². The molecule has 14 heavy (non-hydrogen) atoms. The van der Waals surface area contributed by atoms with Crippen molar-refractivity contribution in [2.75, 3.05) is 13.6 Å². The molecule has 0 spiro atoms. The van der Waals surface area contributed by atoms with Gasteiger partial charge in [-0.2, -0.15) is 0 Å². The summed E-state index contributed by atoms with van der Waals surface area (Å²) in [4.78, 5) is 32.0. The number of nitrogens with one attached hydrogen (secondary N) is 3. The van der Waals surface area contributed by atoms with Gasteiger partial charge < -0.3 is 11.1 Å². The summed E-state index contributed by atoms with van der Waals surface area (Å²) in [5, 5.41) is 6.87. The molecule has 0 saturated heterocycles. The van der Waals surface area contributed by atoms with Crippen molar-refractivity contribution in [2.24, 2.45) is 5.73 Å². The molecular formula is C7H14N4O3. The molecule has 80 valence electrons. The maximum Gasteiger partial charge on any atom is 0.318 e. The van der Waals surface area contributed by atoms with Gasteiger partial charge in [-0.1, -0.05) is 0 Å². The molecule has 0 bridgehead atoms. The molecule has 0 heterocycles. The third-order valence-corrected chi connectivity index (χ3v) is 1.47. The first-order valence-corrected chi connectivity index (χ1v) is 4.01. The van der Waals surface area contributed by atoms with Crippen LogP contribution >= 0.6 is 0 Å². The van der Waals surface area contributed by atoms with Crippen molar-refractivity contribution < 1.29 is 14.4 Å². The van der Waals surface area contributed by atoms with E-state index in [9.17, 15) is 14.4 Å². The Morgan fingerprint density at radius 1 is 1.36 bits per heavy atom. The summed E-state index contributed by atoms with van der Waals surface area (Å²) in [7, 11) is 1.49. The summed E-state index contributed by atoms with van der Waals surface area (Å²) >= 11 is 0. The summed E-state index contributed by atoms with van der Waals surface area (Å²) in [6.45, 7) is 1.45. The predicted molar refractivity (Wildman–Crippen MR) is 49.3 cm³/mol. The van der Waals surface area contributed by atoms with Gasteiger partial charge in [-0.15, -0.1) is 0 Å². The first-order chi connectivity index (χ1) is 6.47.